The summed E-state index contributed by atoms with van der Waals surface area (Å²) in [6.45, 7) is 6.23. The SMILES string of the molecule is CCOC[P+](=S)SCC(=O)NCCC(=O)N[C@@H](C)C(=O)OCC. The summed E-state index contributed by atoms with van der Waals surface area (Å²) in [5.74, 6) is -1.50. The molecule has 0 bridgehead atoms. The van der Waals surface area contributed by atoms with E-state index in [2.05, 4.69) is 10.6 Å². The molecule has 2 atom stereocenters. The normalized spacial score (nSPS) is 12.2. The predicted octanol–water partition coefficient (Wildman–Crippen LogP) is 1.15. The van der Waals surface area contributed by atoms with Gasteiger partial charge >= 0.3 is 5.97 Å². The zero-order chi connectivity index (χ0) is 17.7. The molecule has 0 aromatic heterocycles. The van der Waals surface area contributed by atoms with Crippen LogP contribution in [0.15, 0.2) is 0 Å². The molecular weight excluding hydrogens is 359 g/mol. The molecule has 0 spiro atoms. The molecule has 10 heteroatoms. The molecule has 1 unspecified atom stereocenters. The quantitative estimate of drug-likeness (QED) is 0.386. The van der Waals surface area contributed by atoms with Gasteiger partial charge in [-0.2, -0.15) is 0 Å². The zero-order valence-corrected chi connectivity index (χ0v) is 16.2. The number of carbonyl (C=O) groups is 3. The van der Waals surface area contributed by atoms with Gasteiger partial charge in [-0.25, -0.2) is 4.79 Å². The summed E-state index contributed by atoms with van der Waals surface area (Å²) < 4.78 is 9.98. The Morgan fingerprint density at radius 2 is 1.91 bits per heavy atom. The highest BCUT2D eigenvalue weighted by atomic mass is 32.9. The van der Waals surface area contributed by atoms with Gasteiger partial charge in [-0.15, -0.1) is 0 Å². The Kier molecular flexibility index (Phi) is 13.2. The molecule has 7 nitrogen and oxygen atoms in total. The number of hydrogen-bond acceptors (Lipinski definition) is 7. The van der Waals surface area contributed by atoms with Crippen molar-refractivity contribution >= 4 is 46.9 Å². The molecule has 2 N–H and O–H groups in total. The fourth-order valence-corrected chi connectivity index (χ4v) is 4.04. The zero-order valence-electron chi connectivity index (χ0n) is 13.6. The first kappa shape index (κ1) is 22.2. The second kappa shape index (κ2) is 13.7. The third-order valence-corrected chi connectivity index (χ3v) is 6.34. The Morgan fingerprint density at radius 1 is 1.22 bits per heavy atom. The van der Waals surface area contributed by atoms with E-state index in [-0.39, 0.29) is 37.1 Å². The lowest BCUT2D eigenvalue weighted by Gasteiger charge is -2.12. The summed E-state index contributed by atoms with van der Waals surface area (Å²) in [5, 5.41) is 5.15. The molecule has 0 aromatic rings. The van der Waals surface area contributed by atoms with E-state index in [0.29, 0.717) is 13.0 Å². The first-order valence-electron chi connectivity index (χ1n) is 7.28. The summed E-state index contributed by atoms with van der Waals surface area (Å²) in [7, 11) is 0. The molecule has 0 aromatic carbocycles. The number of ether oxygens (including phenoxy) is 2. The monoisotopic (exact) mass is 383 g/mol. The van der Waals surface area contributed by atoms with Crippen molar-refractivity contribution in [3.63, 3.8) is 0 Å². The highest BCUT2D eigenvalue weighted by molar-refractivity contribution is 8.64. The van der Waals surface area contributed by atoms with E-state index < -0.39 is 17.9 Å². The van der Waals surface area contributed by atoms with Crippen LogP contribution in [-0.2, 0) is 35.7 Å². The smallest absolute Gasteiger partial charge is 0.328 e. The van der Waals surface area contributed by atoms with Gasteiger partial charge in [-0.1, -0.05) is 0 Å². The lowest BCUT2D eigenvalue weighted by atomic mass is 10.3. The number of amides is 2. The average molecular weight is 383 g/mol. The van der Waals surface area contributed by atoms with Gasteiger partial charge in [0, 0.05) is 19.6 Å². The third kappa shape index (κ3) is 12.3. The van der Waals surface area contributed by atoms with Crippen LogP contribution in [0.4, 0.5) is 0 Å². The van der Waals surface area contributed by atoms with Gasteiger partial charge in [0.2, 0.25) is 18.2 Å². The molecule has 0 aliphatic rings. The number of rotatable bonds is 12. The van der Waals surface area contributed by atoms with Gasteiger partial charge in [0.1, 0.15) is 23.2 Å². The van der Waals surface area contributed by atoms with E-state index in [1.165, 1.54) is 11.4 Å². The van der Waals surface area contributed by atoms with E-state index >= 15 is 0 Å². The number of hydrogen-bond donors (Lipinski definition) is 2. The first-order chi connectivity index (χ1) is 10.9. The van der Waals surface area contributed by atoms with Gasteiger partial charge in [-0.3, -0.25) is 9.59 Å². The van der Waals surface area contributed by atoms with Gasteiger partial charge in [0.05, 0.1) is 6.61 Å². The van der Waals surface area contributed by atoms with Crippen molar-refractivity contribution in [2.24, 2.45) is 0 Å². The minimum atomic E-state index is -0.783. The molecule has 0 saturated carbocycles. The Bertz CT molecular complexity index is 423. The van der Waals surface area contributed by atoms with Crippen LogP contribution in [0.25, 0.3) is 0 Å². The minimum absolute atomic E-state index is 0.0989. The maximum absolute atomic E-state index is 11.6. The van der Waals surface area contributed by atoms with Crippen molar-refractivity contribution in [3.05, 3.63) is 0 Å². The molecule has 0 heterocycles. The van der Waals surface area contributed by atoms with Crippen molar-refractivity contribution in [2.45, 2.75) is 33.2 Å². The van der Waals surface area contributed by atoms with Crippen LogP contribution in [0, 0.1) is 0 Å². The topological polar surface area (TPSA) is 93.7 Å². The van der Waals surface area contributed by atoms with Crippen molar-refractivity contribution in [1.29, 1.82) is 0 Å². The van der Waals surface area contributed by atoms with Crippen LogP contribution >= 0.6 is 17.3 Å². The summed E-state index contributed by atoms with van der Waals surface area (Å²) in [6.07, 6.45) is 0.592. The van der Waals surface area contributed by atoms with Crippen molar-refractivity contribution in [2.75, 3.05) is 31.9 Å². The Hall–Kier alpha value is -0.760. The van der Waals surface area contributed by atoms with E-state index in [0.717, 1.165) is 0 Å². The van der Waals surface area contributed by atoms with Crippen molar-refractivity contribution < 1.29 is 23.9 Å². The predicted molar refractivity (Wildman–Crippen MR) is 95.1 cm³/mol. The highest BCUT2D eigenvalue weighted by Crippen LogP contribution is 2.37. The first-order valence-corrected chi connectivity index (χ1v) is 11.4. The third-order valence-electron chi connectivity index (χ3n) is 2.43. The Labute approximate surface area is 146 Å². The standard InChI is InChI=1S/C13H23N2O5PS2/c1-4-19-9-21(22)23-8-12(17)14-7-6-11(16)15-10(3)13(18)20-5-2/h10H,4-9H2,1-3H3,(H-,14,15,16,17)/p+1/t10-/m0/s1. The van der Waals surface area contributed by atoms with Crippen LogP contribution in [0.1, 0.15) is 27.2 Å². The lowest BCUT2D eigenvalue weighted by Crippen LogP contribution is -2.41. The summed E-state index contributed by atoms with van der Waals surface area (Å²) in [5.41, 5.74) is 0. The average Bonchev–Trinajstić information content (AvgIpc) is 2.50. The van der Waals surface area contributed by atoms with Crippen molar-refractivity contribution in [3.8, 4) is 0 Å². The molecule has 0 rings (SSSR count). The molecule has 0 aliphatic carbocycles. The van der Waals surface area contributed by atoms with Crippen LogP contribution in [0.3, 0.4) is 0 Å². The lowest BCUT2D eigenvalue weighted by molar-refractivity contribution is -0.146. The number of carbonyl (C=O) groups excluding carboxylic acids is 3. The van der Waals surface area contributed by atoms with E-state index in [4.69, 9.17) is 21.3 Å². The van der Waals surface area contributed by atoms with Gasteiger partial charge in [0.25, 0.3) is 5.90 Å². The van der Waals surface area contributed by atoms with E-state index in [1.54, 1.807) is 13.8 Å². The summed E-state index contributed by atoms with van der Waals surface area (Å²) in [4.78, 5) is 34.6. The molecular formula is C13H24N2O5PS2+. The molecule has 0 radical (unpaired) electrons. The van der Waals surface area contributed by atoms with Gasteiger partial charge < -0.3 is 20.1 Å². The van der Waals surface area contributed by atoms with Gasteiger partial charge in [0.15, 0.2) is 11.8 Å². The fraction of sp³-hybridized carbons (Fsp3) is 0.769. The number of esters is 1. The highest BCUT2D eigenvalue weighted by Gasteiger charge is 2.17. The molecule has 132 valence electrons. The molecule has 0 saturated heterocycles. The van der Waals surface area contributed by atoms with Crippen LogP contribution < -0.4 is 10.6 Å². The molecule has 0 fully saturated rings. The van der Waals surface area contributed by atoms with E-state index in [9.17, 15) is 14.4 Å². The fourth-order valence-electron chi connectivity index (χ4n) is 1.34. The van der Waals surface area contributed by atoms with Crippen LogP contribution in [-0.4, -0.2) is 55.7 Å². The van der Waals surface area contributed by atoms with Gasteiger partial charge in [-0.05, 0) is 20.8 Å². The van der Waals surface area contributed by atoms with Crippen LogP contribution in [0.2, 0.25) is 0 Å². The number of nitrogens with one attached hydrogen (secondary N) is 2. The Morgan fingerprint density at radius 3 is 2.52 bits per heavy atom. The van der Waals surface area contributed by atoms with Crippen molar-refractivity contribution in [1.82, 2.24) is 10.6 Å². The summed E-state index contributed by atoms with van der Waals surface area (Å²) >= 11 is 6.57. The molecule has 23 heavy (non-hydrogen) atoms. The van der Waals surface area contributed by atoms with E-state index in [1.807, 2.05) is 6.92 Å². The summed E-state index contributed by atoms with van der Waals surface area (Å²) in [6, 6.07) is -0.698. The Balaban J connectivity index is 3.80. The maximum Gasteiger partial charge on any atom is 0.328 e. The molecule has 2 amide bonds. The second-order valence-corrected chi connectivity index (χ2v) is 9.95. The second-order valence-electron chi connectivity index (χ2n) is 4.37. The molecule has 0 aliphatic heterocycles. The maximum atomic E-state index is 11.6. The minimum Gasteiger partial charge on any atom is -0.464 e. The van der Waals surface area contributed by atoms with Crippen LogP contribution in [0.5, 0.6) is 0 Å². The largest absolute Gasteiger partial charge is 0.464 e.